The van der Waals surface area contributed by atoms with Crippen molar-refractivity contribution >= 4 is 5.97 Å². The number of aromatic hydroxyl groups is 1. The Morgan fingerprint density at radius 1 is 1.50 bits per heavy atom. The standard InChI is InChI=1S/C12H13FO3/c1-7-2-3-8(14)10(11(7)13)12(4-5-12)6-9(15)16/h2-3,14H,4-6H2,1H3,(H,15,16). The highest BCUT2D eigenvalue weighted by Crippen LogP contribution is 2.54. The van der Waals surface area contributed by atoms with Gasteiger partial charge in [-0.05, 0) is 31.4 Å². The highest BCUT2D eigenvalue weighted by molar-refractivity contribution is 5.70. The van der Waals surface area contributed by atoms with Crippen molar-refractivity contribution in [3.05, 3.63) is 29.1 Å². The number of halogens is 1. The van der Waals surface area contributed by atoms with Crippen LogP contribution in [0.2, 0.25) is 0 Å². The number of benzene rings is 1. The first-order valence-electron chi connectivity index (χ1n) is 5.17. The maximum Gasteiger partial charge on any atom is 0.304 e. The number of hydrogen-bond acceptors (Lipinski definition) is 2. The van der Waals surface area contributed by atoms with E-state index in [0.717, 1.165) is 0 Å². The van der Waals surface area contributed by atoms with E-state index in [1.54, 1.807) is 6.92 Å². The van der Waals surface area contributed by atoms with Gasteiger partial charge in [0.1, 0.15) is 11.6 Å². The summed E-state index contributed by atoms with van der Waals surface area (Å²) in [5.74, 6) is -1.57. The van der Waals surface area contributed by atoms with Crippen molar-refractivity contribution in [1.29, 1.82) is 0 Å². The van der Waals surface area contributed by atoms with E-state index >= 15 is 0 Å². The van der Waals surface area contributed by atoms with Crippen molar-refractivity contribution in [2.45, 2.75) is 31.6 Å². The maximum atomic E-state index is 13.9. The molecule has 3 nitrogen and oxygen atoms in total. The molecule has 1 saturated carbocycles. The van der Waals surface area contributed by atoms with E-state index in [9.17, 15) is 14.3 Å². The molecule has 2 N–H and O–H groups in total. The minimum atomic E-state index is -0.960. The molecule has 0 saturated heterocycles. The smallest absolute Gasteiger partial charge is 0.304 e. The van der Waals surface area contributed by atoms with E-state index in [1.807, 2.05) is 0 Å². The number of carboxylic acids is 1. The molecule has 1 aromatic carbocycles. The number of carboxylic acid groups (broad SMARTS) is 1. The molecule has 0 aliphatic heterocycles. The molecule has 4 heteroatoms. The van der Waals surface area contributed by atoms with Gasteiger partial charge in [0.2, 0.25) is 0 Å². The summed E-state index contributed by atoms with van der Waals surface area (Å²) >= 11 is 0. The first-order chi connectivity index (χ1) is 7.46. The van der Waals surface area contributed by atoms with Crippen molar-refractivity contribution < 1.29 is 19.4 Å². The van der Waals surface area contributed by atoms with Crippen molar-refractivity contribution in [3.63, 3.8) is 0 Å². The van der Waals surface area contributed by atoms with Crippen LogP contribution in [0.25, 0.3) is 0 Å². The summed E-state index contributed by atoms with van der Waals surface area (Å²) in [5.41, 5.74) is -0.0780. The number of aryl methyl sites for hydroxylation is 1. The van der Waals surface area contributed by atoms with E-state index in [2.05, 4.69) is 0 Å². The van der Waals surface area contributed by atoms with Gasteiger partial charge >= 0.3 is 5.97 Å². The molecular formula is C12H13FO3. The topological polar surface area (TPSA) is 57.5 Å². The molecule has 0 heterocycles. The fourth-order valence-corrected chi connectivity index (χ4v) is 2.13. The van der Waals surface area contributed by atoms with Crippen LogP contribution in [0.15, 0.2) is 12.1 Å². The van der Waals surface area contributed by atoms with E-state index in [1.165, 1.54) is 12.1 Å². The molecule has 1 aliphatic carbocycles. The molecule has 0 radical (unpaired) electrons. The fourth-order valence-electron chi connectivity index (χ4n) is 2.13. The average molecular weight is 224 g/mol. The summed E-state index contributed by atoms with van der Waals surface area (Å²) in [7, 11) is 0. The number of rotatable bonds is 3. The maximum absolute atomic E-state index is 13.9. The van der Waals surface area contributed by atoms with Crippen LogP contribution in [0.1, 0.15) is 30.4 Å². The summed E-state index contributed by atoms with van der Waals surface area (Å²) in [6, 6.07) is 2.92. The number of carbonyl (C=O) groups is 1. The lowest BCUT2D eigenvalue weighted by Crippen LogP contribution is -2.15. The number of hydrogen-bond donors (Lipinski definition) is 2. The van der Waals surface area contributed by atoms with Gasteiger partial charge in [0.25, 0.3) is 0 Å². The van der Waals surface area contributed by atoms with Crippen molar-refractivity contribution in [2.24, 2.45) is 0 Å². The molecule has 0 bridgehead atoms. The summed E-state index contributed by atoms with van der Waals surface area (Å²) in [5, 5.41) is 18.5. The lowest BCUT2D eigenvalue weighted by Gasteiger charge is -2.16. The SMILES string of the molecule is Cc1ccc(O)c(C2(CC(=O)O)CC2)c1F. The van der Waals surface area contributed by atoms with E-state index in [4.69, 9.17) is 5.11 Å². The minimum Gasteiger partial charge on any atom is -0.508 e. The summed E-state index contributed by atoms with van der Waals surface area (Å²) in [6.45, 7) is 1.61. The molecule has 1 fully saturated rings. The Morgan fingerprint density at radius 2 is 2.12 bits per heavy atom. The average Bonchev–Trinajstić information content (AvgIpc) is 2.92. The van der Waals surface area contributed by atoms with Gasteiger partial charge in [0.15, 0.2) is 0 Å². The van der Waals surface area contributed by atoms with Crippen LogP contribution in [-0.2, 0) is 10.2 Å². The van der Waals surface area contributed by atoms with Gasteiger partial charge < -0.3 is 10.2 Å². The van der Waals surface area contributed by atoms with Gasteiger partial charge in [-0.15, -0.1) is 0 Å². The summed E-state index contributed by atoms with van der Waals surface area (Å²) in [6.07, 6.45) is 1.11. The first-order valence-corrected chi connectivity index (χ1v) is 5.17. The monoisotopic (exact) mass is 224 g/mol. The number of phenols is 1. The second kappa shape index (κ2) is 3.47. The normalized spacial score (nSPS) is 17.1. The zero-order valence-electron chi connectivity index (χ0n) is 8.96. The molecule has 2 rings (SSSR count). The Kier molecular flexibility index (Phi) is 2.37. The van der Waals surface area contributed by atoms with Gasteiger partial charge in [-0.3, -0.25) is 4.79 Å². The Bertz CT molecular complexity index is 450. The molecule has 1 aliphatic rings. The van der Waals surface area contributed by atoms with Gasteiger partial charge in [-0.2, -0.15) is 0 Å². The molecular weight excluding hydrogens is 211 g/mol. The molecule has 0 aromatic heterocycles. The minimum absolute atomic E-state index is 0.124. The van der Waals surface area contributed by atoms with Crippen molar-refractivity contribution in [3.8, 4) is 5.75 Å². The van der Waals surface area contributed by atoms with E-state index < -0.39 is 17.2 Å². The molecule has 16 heavy (non-hydrogen) atoms. The Morgan fingerprint density at radius 3 is 2.62 bits per heavy atom. The Labute approximate surface area is 92.5 Å². The largest absolute Gasteiger partial charge is 0.508 e. The highest BCUT2D eigenvalue weighted by atomic mass is 19.1. The Hall–Kier alpha value is -1.58. The molecule has 86 valence electrons. The van der Waals surface area contributed by atoms with Crippen LogP contribution < -0.4 is 0 Å². The van der Waals surface area contributed by atoms with Crippen LogP contribution in [0, 0.1) is 12.7 Å². The quantitative estimate of drug-likeness (QED) is 0.828. The lowest BCUT2D eigenvalue weighted by atomic mass is 9.90. The van der Waals surface area contributed by atoms with Crippen molar-refractivity contribution in [1.82, 2.24) is 0 Å². The second-order valence-corrected chi connectivity index (χ2v) is 4.44. The predicted octanol–water partition coefficient (Wildman–Crippen LogP) is 2.35. The number of phenolic OH excluding ortho intramolecular Hbond substituents is 1. The first kappa shape index (κ1) is 10.9. The van der Waals surface area contributed by atoms with Crippen LogP contribution >= 0.6 is 0 Å². The third-order valence-corrected chi connectivity index (χ3v) is 3.19. The van der Waals surface area contributed by atoms with Crippen LogP contribution in [0.4, 0.5) is 4.39 Å². The molecule has 0 atom stereocenters. The third kappa shape index (κ3) is 1.64. The van der Waals surface area contributed by atoms with Crippen molar-refractivity contribution in [2.75, 3.05) is 0 Å². The third-order valence-electron chi connectivity index (χ3n) is 3.19. The predicted molar refractivity (Wildman–Crippen MR) is 56.0 cm³/mol. The van der Waals surface area contributed by atoms with Gasteiger partial charge in [0, 0.05) is 11.0 Å². The molecule has 0 spiro atoms. The summed E-state index contributed by atoms with van der Waals surface area (Å²) < 4.78 is 13.9. The molecule has 1 aromatic rings. The van der Waals surface area contributed by atoms with Gasteiger partial charge in [-0.1, -0.05) is 6.07 Å². The molecule has 0 unspecified atom stereocenters. The summed E-state index contributed by atoms with van der Waals surface area (Å²) in [4.78, 5) is 10.7. The van der Waals surface area contributed by atoms with E-state index in [-0.39, 0.29) is 17.7 Å². The van der Waals surface area contributed by atoms with Gasteiger partial charge in [0.05, 0.1) is 6.42 Å². The fraction of sp³-hybridized carbons (Fsp3) is 0.417. The van der Waals surface area contributed by atoms with E-state index in [0.29, 0.717) is 18.4 Å². The second-order valence-electron chi connectivity index (χ2n) is 4.44. The van der Waals surface area contributed by atoms with Gasteiger partial charge in [-0.25, -0.2) is 4.39 Å². The van der Waals surface area contributed by atoms with Crippen LogP contribution in [0.5, 0.6) is 5.75 Å². The molecule has 0 amide bonds. The zero-order valence-corrected chi connectivity index (χ0v) is 8.96. The zero-order chi connectivity index (χ0) is 11.9. The number of aliphatic carboxylic acids is 1. The Balaban J connectivity index is 2.48. The highest BCUT2D eigenvalue weighted by Gasteiger charge is 2.49. The van der Waals surface area contributed by atoms with Crippen LogP contribution in [-0.4, -0.2) is 16.2 Å². The lowest BCUT2D eigenvalue weighted by molar-refractivity contribution is -0.137. The van der Waals surface area contributed by atoms with Crippen LogP contribution in [0.3, 0.4) is 0 Å².